The maximum absolute atomic E-state index is 12.6. The average Bonchev–Trinajstić information content (AvgIpc) is 2.79. The lowest BCUT2D eigenvalue weighted by molar-refractivity contribution is 0.103. The van der Waals surface area contributed by atoms with Crippen LogP contribution in [0.5, 0.6) is 5.75 Å². The van der Waals surface area contributed by atoms with Crippen molar-refractivity contribution in [1.82, 2.24) is 0 Å². The molecule has 2 rings (SSSR count). The van der Waals surface area contributed by atoms with Crippen LogP contribution in [0.4, 0.5) is 0 Å². The molecule has 2 nitrogen and oxygen atoms in total. The predicted octanol–water partition coefficient (Wildman–Crippen LogP) is 5.13. The summed E-state index contributed by atoms with van der Waals surface area (Å²) in [6.45, 7) is 3.85. The highest BCUT2D eigenvalue weighted by Crippen LogP contribution is 2.34. The van der Waals surface area contributed by atoms with E-state index in [4.69, 9.17) is 4.74 Å². The lowest BCUT2D eigenvalue weighted by atomic mass is 9.97. The predicted molar refractivity (Wildman–Crippen MR) is 85.6 cm³/mol. The molecule has 19 heavy (non-hydrogen) atoms. The van der Waals surface area contributed by atoms with Gasteiger partial charge in [0.05, 0.1) is 16.5 Å². The second-order valence-corrected chi connectivity index (χ2v) is 7.32. The van der Waals surface area contributed by atoms with E-state index in [-0.39, 0.29) is 5.78 Å². The number of hydrogen-bond donors (Lipinski definition) is 0. The number of thiophene rings is 1. The summed E-state index contributed by atoms with van der Waals surface area (Å²) in [6, 6.07) is 3.80. The van der Waals surface area contributed by atoms with Crippen LogP contribution in [0.15, 0.2) is 25.8 Å². The van der Waals surface area contributed by atoms with Gasteiger partial charge in [0.15, 0.2) is 5.78 Å². The molecule has 2 aromatic rings. The Hall–Kier alpha value is -0.650. The summed E-state index contributed by atoms with van der Waals surface area (Å²) < 4.78 is 7.27. The summed E-state index contributed by atoms with van der Waals surface area (Å²) in [4.78, 5) is 12.6. The van der Waals surface area contributed by atoms with Crippen LogP contribution in [0.1, 0.15) is 27.0 Å². The maximum Gasteiger partial charge on any atom is 0.197 e. The number of halogens is 2. The molecule has 0 aliphatic carbocycles. The number of hydrogen-bond acceptors (Lipinski definition) is 3. The average molecular weight is 404 g/mol. The Labute approximate surface area is 133 Å². The molecule has 1 aromatic carbocycles. The van der Waals surface area contributed by atoms with Crippen LogP contribution in [-0.4, -0.2) is 12.9 Å². The van der Waals surface area contributed by atoms with Gasteiger partial charge in [-0.15, -0.1) is 11.3 Å². The Morgan fingerprint density at radius 3 is 2.47 bits per heavy atom. The number of carbonyl (C=O) groups is 1. The topological polar surface area (TPSA) is 26.3 Å². The van der Waals surface area contributed by atoms with E-state index in [1.165, 1.54) is 11.3 Å². The van der Waals surface area contributed by atoms with Gasteiger partial charge >= 0.3 is 0 Å². The van der Waals surface area contributed by atoms with E-state index in [1.807, 2.05) is 31.4 Å². The Morgan fingerprint density at radius 1 is 1.26 bits per heavy atom. The smallest absolute Gasteiger partial charge is 0.197 e. The fourth-order valence-electron chi connectivity index (χ4n) is 1.96. The van der Waals surface area contributed by atoms with Crippen LogP contribution in [0.3, 0.4) is 0 Å². The lowest BCUT2D eigenvalue weighted by Gasteiger charge is -2.14. The van der Waals surface area contributed by atoms with E-state index in [1.54, 1.807) is 7.11 Å². The van der Waals surface area contributed by atoms with E-state index in [9.17, 15) is 4.79 Å². The lowest BCUT2D eigenvalue weighted by Crippen LogP contribution is -2.07. The largest absolute Gasteiger partial charge is 0.496 e. The zero-order valence-corrected chi connectivity index (χ0v) is 14.7. The van der Waals surface area contributed by atoms with Gasteiger partial charge in [0.2, 0.25) is 0 Å². The molecule has 0 unspecified atom stereocenters. The summed E-state index contributed by atoms with van der Waals surface area (Å²) in [5, 5.41) is 1.85. The van der Waals surface area contributed by atoms with Crippen LogP contribution >= 0.6 is 43.2 Å². The molecule has 100 valence electrons. The van der Waals surface area contributed by atoms with Gasteiger partial charge in [-0.05, 0) is 53.0 Å². The van der Waals surface area contributed by atoms with Crippen molar-refractivity contribution >= 4 is 49.0 Å². The van der Waals surface area contributed by atoms with Gasteiger partial charge in [-0.1, -0.05) is 15.9 Å². The number of rotatable bonds is 3. The molecule has 0 radical (unpaired) electrons. The third-order valence-corrected chi connectivity index (χ3v) is 5.25. The summed E-state index contributed by atoms with van der Waals surface area (Å²) >= 11 is 8.37. The second kappa shape index (κ2) is 5.77. The molecule has 0 N–H and O–H groups in total. The minimum Gasteiger partial charge on any atom is -0.496 e. The molecule has 0 fully saturated rings. The highest BCUT2D eigenvalue weighted by atomic mass is 79.9. The van der Waals surface area contributed by atoms with E-state index >= 15 is 0 Å². The van der Waals surface area contributed by atoms with Crippen molar-refractivity contribution in [3.8, 4) is 5.75 Å². The van der Waals surface area contributed by atoms with Gasteiger partial charge in [-0.25, -0.2) is 0 Å². The van der Waals surface area contributed by atoms with Gasteiger partial charge in [-0.3, -0.25) is 4.79 Å². The van der Waals surface area contributed by atoms with Crippen LogP contribution in [-0.2, 0) is 0 Å². The fraction of sp³-hybridized carbons (Fsp3) is 0.214. The molecule has 0 atom stereocenters. The Morgan fingerprint density at radius 2 is 1.95 bits per heavy atom. The highest BCUT2D eigenvalue weighted by Gasteiger charge is 2.21. The van der Waals surface area contributed by atoms with Crippen molar-refractivity contribution < 1.29 is 9.53 Å². The van der Waals surface area contributed by atoms with Gasteiger partial charge in [0.25, 0.3) is 0 Å². The normalized spacial score (nSPS) is 10.6. The van der Waals surface area contributed by atoms with Crippen molar-refractivity contribution in [2.24, 2.45) is 0 Å². The summed E-state index contributed by atoms with van der Waals surface area (Å²) in [5.74, 6) is 0.633. The molecule has 0 saturated heterocycles. The number of carbonyl (C=O) groups excluding carboxylic acids is 1. The van der Waals surface area contributed by atoms with Crippen LogP contribution in [0.25, 0.3) is 0 Å². The van der Waals surface area contributed by atoms with Gasteiger partial charge in [0, 0.05) is 15.4 Å². The van der Waals surface area contributed by atoms with Crippen molar-refractivity contribution in [2.45, 2.75) is 13.8 Å². The fourth-order valence-corrected chi connectivity index (χ4v) is 3.64. The van der Waals surface area contributed by atoms with E-state index < -0.39 is 0 Å². The number of ether oxygens (including phenoxy) is 1. The zero-order valence-electron chi connectivity index (χ0n) is 10.7. The van der Waals surface area contributed by atoms with Gasteiger partial charge in [-0.2, -0.15) is 0 Å². The van der Waals surface area contributed by atoms with Crippen molar-refractivity contribution in [2.75, 3.05) is 7.11 Å². The molecule has 0 saturated carbocycles. The van der Waals surface area contributed by atoms with Crippen molar-refractivity contribution in [1.29, 1.82) is 0 Å². The molecule has 0 bridgehead atoms. The first-order chi connectivity index (χ1) is 8.95. The molecule has 0 spiro atoms. The monoisotopic (exact) mass is 402 g/mol. The Kier molecular flexibility index (Phi) is 4.48. The quantitative estimate of drug-likeness (QED) is 0.664. The third-order valence-electron chi connectivity index (χ3n) is 2.92. The number of aryl methyl sites for hydroxylation is 1. The van der Waals surface area contributed by atoms with E-state index in [2.05, 4.69) is 31.9 Å². The minimum absolute atomic E-state index is 0.0132. The molecule has 5 heteroatoms. The second-order valence-electron chi connectivity index (χ2n) is 4.18. The molecule has 1 heterocycles. The minimum atomic E-state index is -0.0132. The first-order valence-corrected chi connectivity index (χ1v) is 8.04. The van der Waals surface area contributed by atoms with E-state index in [0.717, 1.165) is 19.4 Å². The maximum atomic E-state index is 12.6. The molecule has 0 amide bonds. The van der Waals surface area contributed by atoms with Crippen molar-refractivity contribution in [3.05, 3.63) is 48.0 Å². The summed E-state index contributed by atoms with van der Waals surface area (Å²) in [5.41, 5.74) is 3.14. The molecule has 1 aromatic heterocycles. The first-order valence-electron chi connectivity index (χ1n) is 5.58. The molecular weight excluding hydrogens is 392 g/mol. The van der Waals surface area contributed by atoms with Crippen LogP contribution < -0.4 is 4.74 Å². The zero-order chi connectivity index (χ0) is 14.2. The SMILES string of the molecule is COc1c(C)cc(Br)c(C)c1C(=O)c1csc(Br)c1. The van der Waals surface area contributed by atoms with Gasteiger partial charge < -0.3 is 4.74 Å². The molecule has 0 aliphatic rings. The van der Waals surface area contributed by atoms with Crippen LogP contribution in [0, 0.1) is 13.8 Å². The first kappa shape index (κ1) is 14.8. The Bertz CT molecular complexity index is 647. The van der Waals surface area contributed by atoms with Crippen LogP contribution in [0.2, 0.25) is 0 Å². The van der Waals surface area contributed by atoms with Crippen molar-refractivity contribution in [3.63, 3.8) is 0 Å². The third kappa shape index (κ3) is 2.78. The summed E-state index contributed by atoms with van der Waals surface area (Å²) in [7, 11) is 1.59. The Balaban J connectivity index is 2.64. The number of methoxy groups -OCH3 is 1. The molecular formula is C14H12Br2O2S. The summed E-state index contributed by atoms with van der Waals surface area (Å²) in [6.07, 6.45) is 0. The standard InChI is InChI=1S/C14H12Br2O2S/c1-7-4-10(15)8(2)12(14(7)18-3)13(17)9-5-11(16)19-6-9/h4-6H,1-3H3. The molecule has 0 aliphatic heterocycles. The number of ketones is 1. The van der Waals surface area contributed by atoms with Gasteiger partial charge in [0.1, 0.15) is 5.75 Å². The van der Waals surface area contributed by atoms with E-state index in [0.29, 0.717) is 16.9 Å². The highest BCUT2D eigenvalue weighted by molar-refractivity contribution is 9.11. The number of benzene rings is 1.